The number of hydrogen-bond acceptors (Lipinski definition) is 2. The molecule has 0 spiro atoms. The molecule has 2 nitrogen and oxygen atoms in total. The van der Waals surface area contributed by atoms with Crippen molar-refractivity contribution in [2.75, 3.05) is 13.6 Å². The number of likely N-dealkylation sites (N-methyl/N-ethyl adjacent to an activating group) is 1. The lowest BCUT2D eigenvalue weighted by Crippen LogP contribution is -2.43. The zero-order valence-corrected chi connectivity index (χ0v) is 9.99. The van der Waals surface area contributed by atoms with Gasteiger partial charge in [0.15, 0.2) is 0 Å². The van der Waals surface area contributed by atoms with Crippen molar-refractivity contribution in [3.05, 3.63) is 0 Å². The molecule has 2 heteroatoms. The smallest absolute Gasteiger partial charge is 0.0695 e. The lowest BCUT2D eigenvalue weighted by atomic mass is 9.84. The second-order valence-electron chi connectivity index (χ2n) is 5.49. The molecule has 2 aliphatic carbocycles. The van der Waals surface area contributed by atoms with E-state index >= 15 is 0 Å². The standard InChI is InChI=1S/C13H25NO/c1-14(12-8-5-9-12)10-13(15)11-6-3-2-4-7-11/h11-13,15H,2-10H2,1H3. The molecule has 0 aromatic heterocycles. The zero-order chi connectivity index (χ0) is 10.7. The molecule has 0 saturated heterocycles. The maximum atomic E-state index is 10.2. The fourth-order valence-electron chi connectivity index (χ4n) is 2.94. The lowest BCUT2D eigenvalue weighted by Gasteiger charge is -2.37. The van der Waals surface area contributed by atoms with Crippen LogP contribution in [0.15, 0.2) is 0 Å². The van der Waals surface area contributed by atoms with Gasteiger partial charge in [-0.2, -0.15) is 0 Å². The van der Waals surface area contributed by atoms with Gasteiger partial charge in [0.2, 0.25) is 0 Å². The van der Waals surface area contributed by atoms with E-state index in [2.05, 4.69) is 11.9 Å². The van der Waals surface area contributed by atoms with Gasteiger partial charge < -0.3 is 10.0 Å². The molecule has 2 fully saturated rings. The van der Waals surface area contributed by atoms with Crippen LogP contribution in [0.2, 0.25) is 0 Å². The number of aliphatic hydroxyl groups excluding tert-OH is 1. The van der Waals surface area contributed by atoms with Crippen LogP contribution < -0.4 is 0 Å². The first kappa shape index (κ1) is 11.4. The third-order valence-electron chi connectivity index (χ3n) is 4.37. The van der Waals surface area contributed by atoms with Gasteiger partial charge in [0.05, 0.1) is 6.10 Å². The molecule has 0 aliphatic heterocycles. The number of aliphatic hydroxyl groups is 1. The van der Waals surface area contributed by atoms with E-state index in [0.29, 0.717) is 5.92 Å². The van der Waals surface area contributed by atoms with Gasteiger partial charge in [-0.3, -0.25) is 0 Å². The molecule has 0 radical (unpaired) electrons. The average molecular weight is 211 g/mol. The summed E-state index contributed by atoms with van der Waals surface area (Å²) in [6.45, 7) is 0.898. The van der Waals surface area contributed by atoms with E-state index < -0.39 is 0 Å². The summed E-state index contributed by atoms with van der Waals surface area (Å²) in [5, 5.41) is 10.2. The maximum Gasteiger partial charge on any atom is 0.0695 e. The van der Waals surface area contributed by atoms with E-state index in [-0.39, 0.29) is 6.10 Å². The Bertz CT molecular complexity index is 185. The molecule has 1 unspecified atom stereocenters. The highest BCUT2D eigenvalue weighted by atomic mass is 16.3. The molecule has 15 heavy (non-hydrogen) atoms. The summed E-state index contributed by atoms with van der Waals surface area (Å²) in [6.07, 6.45) is 10.5. The van der Waals surface area contributed by atoms with Crippen molar-refractivity contribution in [3.63, 3.8) is 0 Å². The van der Waals surface area contributed by atoms with Crippen molar-refractivity contribution in [2.24, 2.45) is 5.92 Å². The molecule has 2 aliphatic rings. The molecule has 0 heterocycles. The SMILES string of the molecule is CN(CC(O)C1CCCCC1)C1CCC1. The zero-order valence-electron chi connectivity index (χ0n) is 9.99. The van der Waals surface area contributed by atoms with Crippen molar-refractivity contribution in [2.45, 2.75) is 63.5 Å². The molecule has 0 bridgehead atoms. The Hall–Kier alpha value is -0.0800. The second-order valence-corrected chi connectivity index (χ2v) is 5.49. The molecule has 2 saturated carbocycles. The summed E-state index contributed by atoms with van der Waals surface area (Å²) < 4.78 is 0. The number of hydrogen-bond donors (Lipinski definition) is 1. The van der Waals surface area contributed by atoms with Gasteiger partial charge in [0.25, 0.3) is 0 Å². The predicted molar refractivity (Wildman–Crippen MR) is 62.9 cm³/mol. The summed E-state index contributed by atoms with van der Waals surface area (Å²) in [4.78, 5) is 2.38. The van der Waals surface area contributed by atoms with E-state index in [9.17, 15) is 5.11 Å². The fourth-order valence-corrected chi connectivity index (χ4v) is 2.94. The third-order valence-corrected chi connectivity index (χ3v) is 4.37. The van der Waals surface area contributed by atoms with Crippen LogP contribution in [0.25, 0.3) is 0 Å². The van der Waals surface area contributed by atoms with Gasteiger partial charge in [-0.25, -0.2) is 0 Å². The molecule has 1 atom stereocenters. The largest absolute Gasteiger partial charge is 0.392 e. The van der Waals surface area contributed by atoms with E-state index in [0.717, 1.165) is 12.6 Å². The summed E-state index contributed by atoms with van der Waals surface area (Å²) in [5.74, 6) is 0.585. The molecular formula is C13H25NO. The topological polar surface area (TPSA) is 23.5 Å². The summed E-state index contributed by atoms with van der Waals surface area (Å²) >= 11 is 0. The number of nitrogens with zero attached hydrogens (tertiary/aromatic N) is 1. The predicted octanol–water partition coefficient (Wildman–Crippen LogP) is 2.41. The Morgan fingerprint density at radius 2 is 1.73 bits per heavy atom. The second kappa shape index (κ2) is 5.31. The van der Waals surface area contributed by atoms with Crippen LogP contribution in [0.1, 0.15) is 51.4 Å². The van der Waals surface area contributed by atoms with Crippen molar-refractivity contribution in [1.82, 2.24) is 4.90 Å². The molecule has 0 aromatic rings. The monoisotopic (exact) mass is 211 g/mol. The molecule has 88 valence electrons. The van der Waals surface area contributed by atoms with Gasteiger partial charge in [-0.05, 0) is 38.6 Å². The first-order chi connectivity index (χ1) is 7.27. The first-order valence-corrected chi connectivity index (χ1v) is 6.65. The molecule has 0 amide bonds. The highest BCUT2D eigenvalue weighted by molar-refractivity contribution is 4.82. The third kappa shape index (κ3) is 2.94. The van der Waals surface area contributed by atoms with Gasteiger partial charge in [0, 0.05) is 12.6 Å². The van der Waals surface area contributed by atoms with E-state index in [4.69, 9.17) is 0 Å². The Morgan fingerprint density at radius 1 is 1.07 bits per heavy atom. The van der Waals surface area contributed by atoms with E-state index in [1.54, 1.807) is 0 Å². The Morgan fingerprint density at radius 3 is 2.27 bits per heavy atom. The highest BCUT2D eigenvalue weighted by Crippen LogP contribution is 2.28. The first-order valence-electron chi connectivity index (χ1n) is 6.65. The Balaban J connectivity index is 1.72. The molecule has 0 aromatic carbocycles. The minimum atomic E-state index is -0.0732. The average Bonchev–Trinajstić information content (AvgIpc) is 2.16. The molecule has 2 rings (SSSR count). The maximum absolute atomic E-state index is 10.2. The summed E-state index contributed by atoms with van der Waals surface area (Å²) in [5.41, 5.74) is 0. The van der Waals surface area contributed by atoms with E-state index in [1.165, 1.54) is 51.4 Å². The minimum Gasteiger partial charge on any atom is -0.392 e. The Labute approximate surface area is 93.7 Å². The van der Waals surface area contributed by atoms with Crippen LogP contribution in [0.5, 0.6) is 0 Å². The normalized spacial score (nSPS) is 26.6. The van der Waals surface area contributed by atoms with Crippen molar-refractivity contribution in [1.29, 1.82) is 0 Å². The van der Waals surface area contributed by atoms with Gasteiger partial charge in [-0.1, -0.05) is 25.7 Å². The summed E-state index contributed by atoms with van der Waals surface area (Å²) in [6, 6.07) is 0.767. The Kier molecular flexibility index (Phi) is 4.04. The fraction of sp³-hybridized carbons (Fsp3) is 1.00. The lowest BCUT2D eigenvalue weighted by molar-refractivity contribution is 0.0300. The summed E-state index contributed by atoms with van der Waals surface area (Å²) in [7, 11) is 2.18. The quantitative estimate of drug-likeness (QED) is 0.772. The van der Waals surface area contributed by atoms with Crippen LogP contribution >= 0.6 is 0 Å². The minimum absolute atomic E-state index is 0.0732. The van der Waals surface area contributed by atoms with Crippen LogP contribution in [0.4, 0.5) is 0 Å². The molecular weight excluding hydrogens is 186 g/mol. The van der Waals surface area contributed by atoms with Crippen molar-refractivity contribution >= 4 is 0 Å². The highest BCUT2D eigenvalue weighted by Gasteiger charge is 2.27. The van der Waals surface area contributed by atoms with Gasteiger partial charge in [0.1, 0.15) is 0 Å². The van der Waals surface area contributed by atoms with Crippen molar-refractivity contribution < 1.29 is 5.11 Å². The van der Waals surface area contributed by atoms with Crippen LogP contribution in [-0.2, 0) is 0 Å². The van der Waals surface area contributed by atoms with Crippen LogP contribution in [0.3, 0.4) is 0 Å². The molecule has 1 N–H and O–H groups in total. The van der Waals surface area contributed by atoms with Gasteiger partial charge >= 0.3 is 0 Å². The van der Waals surface area contributed by atoms with Crippen LogP contribution in [0, 0.1) is 5.92 Å². The van der Waals surface area contributed by atoms with Crippen molar-refractivity contribution in [3.8, 4) is 0 Å². The van der Waals surface area contributed by atoms with E-state index in [1.807, 2.05) is 0 Å². The number of rotatable bonds is 4. The van der Waals surface area contributed by atoms with Crippen LogP contribution in [-0.4, -0.2) is 35.7 Å². The van der Waals surface area contributed by atoms with Gasteiger partial charge in [-0.15, -0.1) is 0 Å².